The quantitative estimate of drug-likeness (QED) is 0.618. The second kappa shape index (κ2) is 9.40. The number of benzene rings is 2. The van der Waals surface area contributed by atoms with Crippen molar-refractivity contribution < 1.29 is 23.9 Å². The Morgan fingerprint density at radius 2 is 1.69 bits per heavy atom. The SMILES string of the molecule is COC1CC2C(=O)N(c3cccc(Cl)c3)C(=O)N(CC(=O)c3ccccc3)C2CC1OC. The number of Topliss-reactive ketones (excluding diaryl/α,β-unsaturated/α-hetero) is 1. The molecule has 1 saturated heterocycles. The largest absolute Gasteiger partial charge is 0.379 e. The van der Waals surface area contributed by atoms with Crippen molar-refractivity contribution in [2.24, 2.45) is 5.92 Å². The van der Waals surface area contributed by atoms with Gasteiger partial charge in [0.15, 0.2) is 5.78 Å². The molecule has 4 unspecified atom stereocenters. The number of carbonyl (C=O) groups excluding carboxylic acids is 3. The number of anilines is 1. The molecule has 0 spiro atoms. The van der Waals surface area contributed by atoms with Crippen molar-refractivity contribution in [3.05, 3.63) is 65.2 Å². The van der Waals surface area contributed by atoms with Gasteiger partial charge in [0.2, 0.25) is 5.91 Å². The Morgan fingerprint density at radius 3 is 2.34 bits per heavy atom. The average molecular weight is 457 g/mol. The van der Waals surface area contributed by atoms with E-state index in [-0.39, 0.29) is 30.4 Å². The van der Waals surface area contributed by atoms with Crippen molar-refractivity contribution in [2.45, 2.75) is 31.1 Å². The second-order valence-electron chi connectivity index (χ2n) is 8.05. The van der Waals surface area contributed by atoms with Crippen LogP contribution in [0.3, 0.4) is 0 Å². The first-order valence-corrected chi connectivity index (χ1v) is 10.9. The number of imide groups is 1. The zero-order chi connectivity index (χ0) is 22.8. The van der Waals surface area contributed by atoms with Crippen LogP contribution >= 0.6 is 11.6 Å². The fourth-order valence-electron chi connectivity index (χ4n) is 4.66. The van der Waals surface area contributed by atoms with Crippen LogP contribution in [0.5, 0.6) is 0 Å². The number of nitrogens with zero attached hydrogens (tertiary/aromatic N) is 2. The fraction of sp³-hybridized carbons (Fsp3) is 0.375. The van der Waals surface area contributed by atoms with Crippen LogP contribution in [0, 0.1) is 5.92 Å². The van der Waals surface area contributed by atoms with Gasteiger partial charge < -0.3 is 14.4 Å². The molecule has 2 fully saturated rings. The van der Waals surface area contributed by atoms with Crippen LogP contribution < -0.4 is 4.90 Å². The Labute approximate surface area is 191 Å². The second-order valence-corrected chi connectivity index (χ2v) is 8.48. The molecule has 8 heteroatoms. The summed E-state index contributed by atoms with van der Waals surface area (Å²) in [6, 6.07) is 14.4. The van der Waals surface area contributed by atoms with E-state index in [1.165, 1.54) is 4.90 Å². The summed E-state index contributed by atoms with van der Waals surface area (Å²) < 4.78 is 11.2. The Morgan fingerprint density at radius 1 is 1.00 bits per heavy atom. The number of carbonyl (C=O) groups is 3. The van der Waals surface area contributed by atoms with E-state index in [9.17, 15) is 14.4 Å². The van der Waals surface area contributed by atoms with Gasteiger partial charge in [-0.15, -0.1) is 0 Å². The van der Waals surface area contributed by atoms with Crippen molar-refractivity contribution in [1.82, 2.24) is 4.90 Å². The van der Waals surface area contributed by atoms with Gasteiger partial charge in [-0.25, -0.2) is 9.69 Å². The number of ether oxygens (including phenoxy) is 2. The summed E-state index contributed by atoms with van der Waals surface area (Å²) in [5, 5.41) is 0.412. The lowest BCUT2D eigenvalue weighted by atomic mass is 9.77. The Hall–Kier alpha value is -2.74. The van der Waals surface area contributed by atoms with Crippen LogP contribution in [0.4, 0.5) is 10.5 Å². The lowest BCUT2D eigenvalue weighted by molar-refractivity contribution is -0.137. The molecule has 0 N–H and O–H groups in total. The number of ketones is 1. The molecule has 0 bridgehead atoms. The van der Waals surface area contributed by atoms with Gasteiger partial charge in [-0.05, 0) is 31.0 Å². The van der Waals surface area contributed by atoms with Gasteiger partial charge in [0.25, 0.3) is 0 Å². The third kappa shape index (κ3) is 4.16. The van der Waals surface area contributed by atoms with E-state index in [1.807, 2.05) is 6.07 Å². The maximum atomic E-state index is 13.6. The topological polar surface area (TPSA) is 76.2 Å². The molecular formula is C24H25ClN2O5. The summed E-state index contributed by atoms with van der Waals surface area (Å²) in [6.07, 6.45) is 0.224. The van der Waals surface area contributed by atoms with E-state index < -0.39 is 18.0 Å². The Bertz CT molecular complexity index is 1010. The minimum Gasteiger partial charge on any atom is -0.379 e. The summed E-state index contributed by atoms with van der Waals surface area (Å²) in [5.74, 6) is -1.03. The van der Waals surface area contributed by atoms with Crippen molar-refractivity contribution in [2.75, 3.05) is 25.7 Å². The van der Waals surface area contributed by atoms with Gasteiger partial charge in [-0.1, -0.05) is 48.0 Å². The molecule has 1 heterocycles. The van der Waals surface area contributed by atoms with Gasteiger partial charge in [0.05, 0.1) is 30.4 Å². The predicted molar refractivity (Wildman–Crippen MR) is 120 cm³/mol. The molecule has 7 nitrogen and oxygen atoms in total. The predicted octanol–water partition coefficient (Wildman–Crippen LogP) is 3.80. The van der Waals surface area contributed by atoms with Crippen molar-refractivity contribution >= 4 is 35.0 Å². The van der Waals surface area contributed by atoms with E-state index in [4.69, 9.17) is 21.1 Å². The number of methoxy groups -OCH3 is 2. The van der Waals surface area contributed by atoms with Crippen LogP contribution in [0.25, 0.3) is 0 Å². The minimum absolute atomic E-state index is 0.136. The molecule has 0 aromatic heterocycles. The van der Waals surface area contributed by atoms with Crippen molar-refractivity contribution in [3.8, 4) is 0 Å². The minimum atomic E-state index is -0.534. The summed E-state index contributed by atoms with van der Waals surface area (Å²) in [4.78, 5) is 42.7. The first-order valence-electron chi connectivity index (χ1n) is 10.5. The van der Waals surface area contributed by atoms with Gasteiger partial charge >= 0.3 is 6.03 Å². The Balaban J connectivity index is 1.72. The standard InChI is InChI=1S/C24H25ClN2O5/c1-31-21-12-18-19(13-22(21)32-2)26(14-20(28)15-7-4-3-5-8-15)24(30)27(23(18)29)17-10-6-9-16(25)11-17/h3-11,18-19,21-22H,12-14H2,1-2H3. The highest BCUT2D eigenvalue weighted by atomic mass is 35.5. The van der Waals surface area contributed by atoms with E-state index in [0.29, 0.717) is 29.1 Å². The first kappa shape index (κ1) is 22.5. The number of rotatable bonds is 6. The summed E-state index contributed by atoms with van der Waals surface area (Å²) in [7, 11) is 3.17. The molecular weight excluding hydrogens is 432 g/mol. The number of amides is 3. The maximum Gasteiger partial charge on any atom is 0.332 e. The van der Waals surface area contributed by atoms with Crippen LogP contribution in [-0.2, 0) is 14.3 Å². The normalized spacial score (nSPS) is 25.6. The smallest absolute Gasteiger partial charge is 0.332 e. The molecule has 168 valence electrons. The van der Waals surface area contributed by atoms with Crippen molar-refractivity contribution in [3.63, 3.8) is 0 Å². The highest BCUT2D eigenvalue weighted by molar-refractivity contribution is 6.31. The monoisotopic (exact) mass is 456 g/mol. The van der Waals surface area contributed by atoms with Gasteiger partial charge in [0.1, 0.15) is 0 Å². The van der Waals surface area contributed by atoms with Gasteiger partial charge in [-0.3, -0.25) is 9.59 Å². The highest BCUT2D eigenvalue weighted by Gasteiger charge is 2.52. The maximum absolute atomic E-state index is 13.6. The van der Waals surface area contributed by atoms with Crippen LogP contribution in [0.1, 0.15) is 23.2 Å². The molecule has 0 radical (unpaired) electrons. The zero-order valence-electron chi connectivity index (χ0n) is 17.9. The molecule has 32 heavy (non-hydrogen) atoms. The van der Waals surface area contributed by atoms with Crippen LogP contribution in [0.2, 0.25) is 5.02 Å². The molecule has 1 aliphatic carbocycles. The molecule has 2 aromatic rings. The summed E-state index contributed by atoms with van der Waals surface area (Å²) in [6.45, 7) is -0.136. The number of fused-ring (bicyclic) bond motifs is 1. The summed E-state index contributed by atoms with van der Waals surface area (Å²) >= 11 is 6.13. The number of urea groups is 1. The fourth-order valence-corrected chi connectivity index (χ4v) is 4.84. The first-order chi connectivity index (χ1) is 15.4. The van der Waals surface area contributed by atoms with Crippen LogP contribution in [0.15, 0.2) is 54.6 Å². The highest BCUT2D eigenvalue weighted by Crippen LogP contribution is 2.38. The third-order valence-electron chi connectivity index (χ3n) is 6.30. The van der Waals surface area contributed by atoms with Gasteiger partial charge in [0, 0.05) is 30.8 Å². The number of hydrogen-bond acceptors (Lipinski definition) is 5. The van der Waals surface area contributed by atoms with Crippen molar-refractivity contribution in [1.29, 1.82) is 0 Å². The van der Waals surface area contributed by atoms with Crippen LogP contribution in [-0.4, -0.2) is 61.6 Å². The molecule has 4 rings (SSSR count). The van der Waals surface area contributed by atoms with E-state index >= 15 is 0 Å². The molecule has 2 aliphatic rings. The average Bonchev–Trinajstić information content (AvgIpc) is 2.81. The lowest BCUT2D eigenvalue weighted by Gasteiger charge is -2.49. The Kier molecular flexibility index (Phi) is 6.60. The molecule has 1 saturated carbocycles. The van der Waals surface area contributed by atoms with E-state index in [0.717, 1.165) is 4.90 Å². The summed E-state index contributed by atoms with van der Waals surface area (Å²) in [5.41, 5.74) is 0.892. The number of halogens is 1. The zero-order valence-corrected chi connectivity index (χ0v) is 18.7. The molecule has 3 amide bonds. The van der Waals surface area contributed by atoms with Gasteiger partial charge in [-0.2, -0.15) is 0 Å². The molecule has 2 aromatic carbocycles. The molecule has 1 aliphatic heterocycles. The number of hydrogen-bond donors (Lipinski definition) is 0. The van der Waals surface area contributed by atoms with E-state index in [2.05, 4.69) is 0 Å². The third-order valence-corrected chi connectivity index (χ3v) is 6.53. The lowest BCUT2D eigenvalue weighted by Crippen LogP contribution is -2.66. The molecule has 4 atom stereocenters. The van der Waals surface area contributed by atoms with E-state index in [1.54, 1.807) is 62.8 Å².